The van der Waals surface area contributed by atoms with Crippen LogP contribution in [0.2, 0.25) is 0 Å². The Hall–Kier alpha value is -1.53. The van der Waals surface area contributed by atoms with Crippen molar-refractivity contribution in [3.05, 3.63) is 17.7 Å². The highest BCUT2D eigenvalue weighted by Gasteiger charge is 2.48. The van der Waals surface area contributed by atoms with Gasteiger partial charge in [0.05, 0.1) is 11.7 Å². The highest BCUT2D eigenvalue weighted by atomic mass is 16.7. The van der Waals surface area contributed by atoms with Gasteiger partial charge in [-0.25, -0.2) is 0 Å². The SMILES string of the molecule is CC(C)C1OB(c2cc3c(cc2C=O)OCO3)OC1(C)C. The fraction of sp³-hybridized carbons (Fsp3) is 0.533. The van der Waals surface area contributed by atoms with Crippen LogP contribution in [0.3, 0.4) is 0 Å². The smallest absolute Gasteiger partial charge is 0.454 e. The molecule has 2 aliphatic heterocycles. The van der Waals surface area contributed by atoms with E-state index in [1.165, 1.54) is 0 Å². The second kappa shape index (κ2) is 5.03. The third kappa shape index (κ3) is 2.42. The lowest BCUT2D eigenvalue weighted by atomic mass is 9.76. The van der Waals surface area contributed by atoms with E-state index in [4.69, 9.17) is 18.8 Å². The van der Waals surface area contributed by atoms with Gasteiger partial charge in [-0.3, -0.25) is 4.79 Å². The second-order valence-corrected chi connectivity index (χ2v) is 6.31. The van der Waals surface area contributed by atoms with Crippen molar-refractivity contribution in [2.45, 2.75) is 39.4 Å². The van der Waals surface area contributed by atoms with Crippen molar-refractivity contribution in [1.82, 2.24) is 0 Å². The maximum atomic E-state index is 11.4. The molecule has 0 aliphatic carbocycles. The number of fused-ring (bicyclic) bond motifs is 1. The van der Waals surface area contributed by atoms with Crippen molar-refractivity contribution in [3.63, 3.8) is 0 Å². The Balaban J connectivity index is 1.96. The standard InChI is InChI=1S/C15H19BO5/c1-9(2)14-15(3,4)21-16(20-14)11-6-13-12(18-8-19-13)5-10(11)7-17/h5-7,9,14H,8H2,1-4H3. The molecule has 3 rings (SSSR count). The lowest BCUT2D eigenvalue weighted by molar-refractivity contribution is 0.0438. The Morgan fingerprint density at radius 1 is 1.29 bits per heavy atom. The van der Waals surface area contributed by atoms with Gasteiger partial charge >= 0.3 is 7.12 Å². The monoisotopic (exact) mass is 290 g/mol. The van der Waals surface area contributed by atoms with Crippen LogP contribution in [-0.4, -0.2) is 31.9 Å². The van der Waals surface area contributed by atoms with E-state index in [-0.39, 0.29) is 12.9 Å². The predicted molar refractivity (Wildman–Crippen MR) is 78.2 cm³/mol. The molecule has 2 heterocycles. The highest BCUT2D eigenvalue weighted by Crippen LogP contribution is 2.35. The van der Waals surface area contributed by atoms with Gasteiger partial charge in [-0.1, -0.05) is 13.8 Å². The van der Waals surface area contributed by atoms with E-state index in [0.29, 0.717) is 28.4 Å². The summed E-state index contributed by atoms with van der Waals surface area (Å²) >= 11 is 0. The first kappa shape index (κ1) is 14.4. The average molecular weight is 290 g/mol. The molecule has 0 bridgehead atoms. The molecule has 1 aromatic rings. The van der Waals surface area contributed by atoms with Crippen molar-refractivity contribution in [2.24, 2.45) is 5.92 Å². The van der Waals surface area contributed by atoms with Gasteiger partial charge in [-0.05, 0) is 37.4 Å². The first-order valence-corrected chi connectivity index (χ1v) is 7.14. The summed E-state index contributed by atoms with van der Waals surface area (Å²) in [7, 11) is -0.568. The lowest BCUT2D eigenvalue weighted by Gasteiger charge is -2.28. The van der Waals surface area contributed by atoms with Gasteiger partial charge in [0.2, 0.25) is 6.79 Å². The summed E-state index contributed by atoms with van der Waals surface area (Å²) < 4.78 is 22.8. The molecule has 21 heavy (non-hydrogen) atoms. The molecule has 1 aromatic carbocycles. The zero-order valence-corrected chi connectivity index (χ0v) is 12.7. The van der Waals surface area contributed by atoms with E-state index in [1.54, 1.807) is 12.1 Å². The van der Waals surface area contributed by atoms with Gasteiger partial charge in [0.1, 0.15) is 6.29 Å². The number of carbonyl (C=O) groups excluding carboxylic acids is 1. The maximum absolute atomic E-state index is 11.4. The van der Waals surface area contributed by atoms with Gasteiger partial charge < -0.3 is 18.8 Å². The van der Waals surface area contributed by atoms with E-state index in [2.05, 4.69) is 13.8 Å². The Morgan fingerprint density at radius 3 is 2.52 bits per heavy atom. The average Bonchev–Trinajstić information content (AvgIpc) is 2.99. The summed E-state index contributed by atoms with van der Waals surface area (Å²) in [4.78, 5) is 11.4. The highest BCUT2D eigenvalue weighted by molar-refractivity contribution is 6.63. The Labute approximate surface area is 124 Å². The van der Waals surface area contributed by atoms with Crippen LogP contribution in [0.4, 0.5) is 0 Å². The fourth-order valence-corrected chi connectivity index (χ4v) is 3.04. The fourth-order valence-electron chi connectivity index (χ4n) is 3.04. The van der Waals surface area contributed by atoms with E-state index < -0.39 is 12.7 Å². The van der Waals surface area contributed by atoms with Crippen LogP contribution in [-0.2, 0) is 9.31 Å². The maximum Gasteiger partial charge on any atom is 0.495 e. The minimum absolute atomic E-state index is 0.0348. The quantitative estimate of drug-likeness (QED) is 0.627. The van der Waals surface area contributed by atoms with Crippen LogP contribution in [0.1, 0.15) is 38.1 Å². The molecule has 1 fully saturated rings. The molecule has 112 valence electrons. The zero-order valence-electron chi connectivity index (χ0n) is 12.7. The number of hydrogen-bond acceptors (Lipinski definition) is 5. The molecular formula is C15H19BO5. The molecule has 6 heteroatoms. The topological polar surface area (TPSA) is 54.0 Å². The van der Waals surface area contributed by atoms with E-state index in [9.17, 15) is 4.79 Å². The third-order valence-electron chi connectivity index (χ3n) is 3.93. The summed E-state index contributed by atoms with van der Waals surface area (Å²) in [6.07, 6.45) is 0.757. The second-order valence-electron chi connectivity index (χ2n) is 6.31. The number of benzene rings is 1. The lowest BCUT2D eigenvalue weighted by Crippen LogP contribution is -2.37. The van der Waals surface area contributed by atoms with Crippen molar-refractivity contribution in [2.75, 3.05) is 6.79 Å². The van der Waals surface area contributed by atoms with Crippen LogP contribution in [0.25, 0.3) is 0 Å². The minimum Gasteiger partial charge on any atom is -0.454 e. The molecule has 0 saturated carbocycles. The first-order chi connectivity index (χ1) is 9.92. The Kier molecular flexibility index (Phi) is 3.46. The van der Waals surface area contributed by atoms with Crippen molar-refractivity contribution in [1.29, 1.82) is 0 Å². The van der Waals surface area contributed by atoms with Crippen LogP contribution >= 0.6 is 0 Å². The van der Waals surface area contributed by atoms with Crippen molar-refractivity contribution in [3.8, 4) is 11.5 Å². The molecule has 0 N–H and O–H groups in total. The zero-order chi connectivity index (χ0) is 15.2. The van der Waals surface area contributed by atoms with Gasteiger partial charge in [0, 0.05) is 5.56 Å². The van der Waals surface area contributed by atoms with Gasteiger partial charge in [0.25, 0.3) is 0 Å². The van der Waals surface area contributed by atoms with E-state index in [1.807, 2.05) is 13.8 Å². The summed E-state index contributed by atoms with van der Waals surface area (Å²) in [6, 6.07) is 3.45. The molecule has 1 saturated heterocycles. The van der Waals surface area contributed by atoms with Crippen molar-refractivity contribution >= 4 is 18.9 Å². The van der Waals surface area contributed by atoms with Crippen LogP contribution in [0.15, 0.2) is 12.1 Å². The van der Waals surface area contributed by atoms with Gasteiger partial charge in [-0.15, -0.1) is 0 Å². The number of hydrogen-bond donors (Lipinski definition) is 0. The molecule has 2 aliphatic rings. The van der Waals surface area contributed by atoms with E-state index >= 15 is 0 Å². The summed E-state index contributed by atoms with van der Waals surface area (Å²) in [6.45, 7) is 8.37. The Bertz CT molecular complexity index is 569. The molecule has 0 radical (unpaired) electrons. The number of ether oxygens (including phenoxy) is 2. The molecule has 1 atom stereocenters. The van der Waals surface area contributed by atoms with Gasteiger partial charge in [-0.2, -0.15) is 0 Å². The largest absolute Gasteiger partial charge is 0.495 e. The number of rotatable bonds is 3. The third-order valence-corrected chi connectivity index (χ3v) is 3.93. The summed E-state index contributed by atoms with van der Waals surface area (Å²) in [5.74, 6) is 1.52. The van der Waals surface area contributed by atoms with Gasteiger partial charge in [0.15, 0.2) is 11.5 Å². The summed E-state index contributed by atoms with van der Waals surface area (Å²) in [5.41, 5.74) is 0.782. The molecule has 0 aromatic heterocycles. The summed E-state index contributed by atoms with van der Waals surface area (Å²) in [5, 5.41) is 0. The molecule has 0 amide bonds. The molecule has 1 unspecified atom stereocenters. The van der Waals surface area contributed by atoms with Crippen molar-refractivity contribution < 1.29 is 23.6 Å². The van der Waals surface area contributed by atoms with Crippen LogP contribution in [0.5, 0.6) is 11.5 Å². The molecule has 0 spiro atoms. The Morgan fingerprint density at radius 2 is 1.95 bits per heavy atom. The molecular weight excluding hydrogens is 271 g/mol. The molecule has 5 nitrogen and oxygen atoms in total. The minimum atomic E-state index is -0.568. The first-order valence-electron chi connectivity index (χ1n) is 7.14. The number of carbonyl (C=O) groups is 1. The van der Waals surface area contributed by atoms with E-state index in [0.717, 1.165) is 6.29 Å². The normalized spacial score (nSPS) is 22.9. The van der Waals surface area contributed by atoms with Crippen LogP contribution < -0.4 is 14.9 Å². The number of aldehydes is 1. The van der Waals surface area contributed by atoms with Crippen LogP contribution in [0, 0.1) is 5.92 Å². The predicted octanol–water partition coefficient (Wildman–Crippen LogP) is 1.77.